The van der Waals surface area contributed by atoms with Crippen LogP contribution in [0.25, 0.3) is 0 Å². The molecule has 0 aromatic carbocycles. The Bertz CT molecular complexity index is 751. The first kappa shape index (κ1) is 17.4. The molecule has 7 heteroatoms. The van der Waals surface area contributed by atoms with Crippen LogP contribution in [0.15, 0.2) is 35.5 Å². The van der Waals surface area contributed by atoms with E-state index in [9.17, 15) is 9.59 Å². The van der Waals surface area contributed by atoms with E-state index in [1.807, 2.05) is 17.3 Å². The highest BCUT2D eigenvalue weighted by Gasteiger charge is 2.22. The van der Waals surface area contributed by atoms with Gasteiger partial charge >= 0.3 is 0 Å². The fourth-order valence-corrected chi connectivity index (χ4v) is 3.16. The predicted octanol–water partition coefficient (Wildman–Crippen LogP) is 1.15. The van der Waals surface area contributed by atoms with Crippen molar-refractivity contribution in [1.29, 1.82) is 0 Å². The molecule has 0 saturated carbocycles. The molecule has 7 nitrogen and oxygen atoms in total. The van der Waals surface area contributed by atoms with Crippen LogP contribution in [0.3, 0.4) is 0 Å². The van der Waals surface area contributed by atoms with Crippen LogP contribution >= 0.6 is 0 Å². The monoisotopic (exact) mass is 343 g/mol. The highest BCUT2D eigenvalue weighted by molar-refractivity contribution is 5.93. The Kier molecular flexibility index (Phi) is 5.33. The minimum atomic E-state index is -0.193. The third-order valence-electron chi connectivity index (χ3n) is 4.61. The molecule has 2 aromatic rings. The van der Waals surface area contributed by atoms with Gasteiger partial charge < -0.3 is 14.5 Å². The van der Waals surface area contributed by atoms with E-state index in [0.717, 1.165) is 32.0 Å². The molecular formula is C18H25N5O2. The molecule has 0 unspecified atom stereocenters. The molecule has 1 saturated heterocycles. The Hall–Kier alpha value is -2.41. The first-order valence-corrected chi connectivity index (χ1v) is 8.76. The third kappa shape index (κ3) is 4.17. The van der Waals surface area contributed by atoms with E-state index in [0.29, 0.717) is 24.6 Å². The lowest BCUT2D eigenvalue weighted by molar-refractivity contribution is 0.0632. The molecule has 1 aliphatic rings. The van der Waals surface area contributed by atoms with Gasteiger partial charge in [0, 0.05) is 69.8 Å². The quantitative estimate of drug-likeness (QED) is 0.884. The Morgan fingerprint density at radius 2 is 1.96 bits per heavy atom. The van der Waals surface area contributed by atoms with Gasteiger partial charge in [0.1, 0.15) is 5.82 Å². The summed E-state index contributed by atoms with van der Waals surface area (Å²) in [6, 6.07) is 2.97. The molecule has 2 aromatic heterocycles. The van der Waals surface area contributed by atoms with Gasteiger partial charge in [0.15, 0.2) is 0 Å². The number of aromatic nitrogens is 3. The Morgan fingerprint density at radius 1 is 1.20 bits per heavy atom. The lowest BCUT2D eigenvalue weighted by Gasteiger charge is -2.34. The SMILES string of the molecule is CC(C)c1nccn1CCN1CCN(C(=O)c2ccc(=O)[nH]c2)CC1. The molecule has 1 N–H and O–H groups in total. The molecule has 1 fully saturated rings. The number of aromatic amines is 1. The van der Waals surface area contributed by atoms with Gasteiger partial charge in [-0.3, -0.25) is 14.5 Å². The standard InChI is InChI=1S/C18H25N5O2/c1-14(2)17-19-5-6-22(17)10-7-21-8-11-23(12-9-21)18(25)15-3-4-16(24)20-13-15/h3-6,13-14H,7-12H2,1-2H3,(H,20,24). The molecule has 1 amide bonds. The smallest absolute Gasteiger partial charge is 0.255 e. The van der Waals surface area contributed by atoms with Crippen molar-refractivity contribution >= 4 is 5.91 Å². The van der Waals surface area contributed by atoms with Crippen LogP contribution < -0.4 is 5.56 Å². The van der Waals surface area contributed by atoms with Gasteiger partial charge in [-0.25, -0.2) is 4.98 Å². The Morgan fingerprint density at radius 3 is 2.60 bits per heavy atom. The van der Waals surface area contributed by atoms with Crippen molar-refractivity contribution in [3.05, 3.63) is 52.5 Å². The van der Waals surface area contributed by atoms with Crippen molar-refractivity contribution in [3.8, 4) is 0 Å². The zero-order chi connectivity index (χ0) is 17.8. The summed E-state index contributed by atoms with van der Waals surface area (Å²) >= 11 is 0. The molecule has 3 rings (SSSR count). The highest BCUT2D eigenvalue weighted by atomic mass is 16.2. The van der Waals surface area contributed by atoms with Crippen molar-refractivity contribution in [2.45, 2.75) is 26.3 Å². The van der Waals surface area contributed by atoms with E-state index in [1.165, 1.54) is 12.3 Å². The molecule has 25 heavy (non-hydrogen) atoms. The van der Waals surface area contributed by atoms with E-state index < -0.39 is 0 Å². The second-order valence-corrected chi connectivity index (χ2v) is 6.71. The highest BCUT2D eigenvalue weighted by Crippen LogP contribution is 2.12. The number of imidazole rings is 1. The average Bonchev–Trinajstić information content (AvgIpc) is 3.09. The topological polar surface area (TPSA) is 74.2 Å². The maximum Gasteiger partial charge on any atom is 0.255 e. The number of piperazine rings is 1. The van der Waals surface area contributed by atoms with E-state index >= 15 is 0 Å². The van der Waals surface area contributed by atoms with Crippen molar-refractivity contribution in [2.75, 3.05) is 32.7 Å². The fourth-order valence-electron chi connectivity index (χ4n) is 3.16. The van der Waals surface area contributed by atoms with Crippen molar-refractivity contribution in [1.82, 2.24) is 24.3 Å². The molecule has 3 heterocycles. The second-order valence-electron chi connectivity index (χ2n) is 6.71. The molecule has 0 radical (unpaired) electrons. The maximum atomic E-state index is 12.5. The molecular weight excluding hydrogens is 318 g/mol. The van der Waals surface area contributed by atoms with Gasteiger partial charge in [-0.05, 0) is 6.07 Å². The first-order chi connectivity index (χ1) is 12.0. The molecule has 1 aliphatic heterocycles. The lowest BCUT2D eigenvalue weighted by Crippen LogP contribution is -2.49. The number of nitrogens with one attached hydrogen (secondary N) is 1. The summed E-state index contributed by atoms with van der Waals surface area (Å²) in [4.78, 5) is 34.8. The number of amides is 1. The minimum absolute atomic E-state index is 0.0207. The van der Waals surface area contributed by atoms with Gasteiger partial charge in [0.25, 0.3) is 5.91 Å². The van der Waals surface area contributed by atoms with Crippen LogP contribution in [0.2, 0.25) is 0 Å². The summed E-state index contributed by atoms with van der Waals surface area (Å²) in [5, 5.41) is 0. The van der Waals surface area contributed by atoms with Crippen LogP contribution in [0, 0.1) is 0 Å². The summed E-state index contributed by atoms with van der Waals surface area (Å²) < 4.78 is 2.21. The van der Waals surface area contributed by atoms with Crippen molar-refractivity contribution < 1.29 is 4.79 Å². The largest absolute Gasteiger partial charge is 0.336 e. The number of H-pyrrole nitrogens is 1. The Labute approximate surface area is 147 Å². The van der Waals surface area contributed by atoms with E-state index in [4.69, 9.17) is 0 Å². The zero-order valence-electron chi connectivity index (χ0n) is 14.8. The summed E-state index contributed by atoms with van der Waals surface area (Å²) in [6.07, 6.45) is 5.38. The van der Waals surface area contributed by atoms with Crippen molar-refractivity contribution in [3.63, 3.8) is 0 Å². The van der Waals surface area contributed by atoms with Crippen LogP contribution in [0.4, 0.5) is 0 Å². The number of nitrogens with zero attached hydrogens (tertiary/aromatic N) is 4. The third-order valence-corrected chi connectivity index (χ3v) is 4.61. The maximum absolute atomic E-state index is 12.5. The fraction of sp³-hybridized carbons (Fsp3) is 0.500. The van der Waals surface area contributed by atoms with E-state index in [-0.39, 0.29) is 11.5 Å². The van der Waals surface area contributed by atoms with Crippen LogP contribution in [-0.2, 0) is 6.54 Å². The first-order valence-electron chi connectivity index (χ1n) is 8.76. The second kappa shape index (κ2) is 7.65. The van der Waals surface area contributed by atoms with E-state index in [2.05, 4.69) is 33.3 Å². The van der Waals surface area contributed by atoms with E-state index in [1.54, 1.807) is 6.07 Å². The molecule has 0 atom stereocenters. The number of carbonyl (C=O) groups excluding carboxylic acids is 1. The van der Waals surface area contributed by atoms with Gasteiger partial charge in [-0.2, -0.15) is 0 Å². The molecule has 134 valence electrons. The van der Waals surface area contributed by atoms with Gasteiger partial charge in [0.05, 0.1) is 5.56 Å². The molecule has 0 spiro atoms. The summed E-state index contributed by atoms with van der Waals surface area (Å²) in [6.45, 7) is 9.32. The summed E-state index contributed by atoms with van der Waals surface area (Å²) in [7, 11) is 0. The van der Waals surface area contributed by atoms with Crippen LogP contribution in [0.1, 0.15) is 35.9 Å². The van der Waals surface area contributed by atoms with Gasteiger partial charge in [-0.15, -0.1) is 0 Å². The van der Waals surface area contributed by atoms with Crippen LogP contribution in [0.5, 0.6) is 0 Å². The van der Waals surface area contributed by atoms with Crippen LogP contribution in [-0.4, -0.2) is 63.0 Å². The lowest BCUT2D eigenvalue weighted by atomic mass is 10.2. The number of hydrogen-bond acceptors (Lipinski definition) is 4. The number of rotatable bonds is 5. The van der Waals surface area contributed by atoms with Crippen molar-refractivity contribution in [2.24, 2.45) is 0 Å². The van der Waals surface area contributed by atoms with Gasteiger partial charge in [0.2, 0.25) is 5.56 Å². The zero-order valence-corrected chi connectivity index (χ0v) is 14.8. The van der Waals surface area contributed by atoms with Gasteiger partial charge in [-0.1, -0.05) is 13.8 Å². The number of hydrogen-bond donors (Lipinski definition) is 1. The number of carbonyl (C=O) groups is 1. The Balaban J connectivity index is 1.50. The number of pyridine rings is 1. The minimum Gasteiger partial charge on any atom is -0.336 e. The summed E-state index contributed by atoms with van der Waals surface area (Å²) in [5.41, 5.74) is 0.342. The average molecular weight is 343 g/mol. The predicted molar refractivity (Wildman–Crippen MR) is 95.7 cm³/mol. The summed E-state index contributed by atoms with van der Waals surface area (Å²) in [5.74, 6) is 1.52. The normalized spacial score (nSPS) is 15.7. The molecule has 0 aliphatic carbocycles. The molecule has 0 bridgehead atoms.